The van der Waals surface area contributed by atoms with E-state index in [0.717, 1.165) is 17.1 Å². The van der Waals surface area contributed by atoms with E-state index in [0.29, 0.717) is 12.4 Å². The van der Waals surface area contributed by atoms with Crippen LogP contribution in [0.5, 0.6) is 0 Å². The predicted molar refractivity (Wildman–Crippen MR) is 114 cm³/mol. The predicted octanol–water partition coefficient (Wildman–Crippen LogP) is 4.48. The molecule has 2 amide bonds. The van der Waals surface area contributed by atoms with Crippen molar-refractivity contribution in [3.63, 3.8) is 0 Å². The number of carbonyl (C=O) groups is 1. The summed E-state index contributed by atoms with van der Waals surface area (Å²) >= 11 is 0. The zero-order valence-corrected chi connectivity index (χ0v) is 17.6. The number of hydrogen-bond donors (Lipinski definition) is 1. The number of rotatable bonds is 4. The number of carbonyl (C=O) groups excluding carboxylic acids is 1. The topological polar surface area (TPSA) is 68.0 Å². The van der Waals surface area contributed by atoms with Gasteiger partial charge in [0.15, 0.2) is 0 Å². The SMILES string of the molecule is CC(C)n1nc(-c2ccccc2)cc1NC(=O)N1CC(C)(C)C1c1nccn1C. The van der Waals surface area contributed by atoms with Gasteiger partial charge >= 0.3 is 6.03 Å². The molecule has 0 saturated carbocycles. The van der Waals surface area contributed by atoms with Gasteiger partial charge in [0.25, 0.3) is 0 Å². The maximum Gasteiger partial charge on any atom is 0.323 e. The first-order chi connectivity index (χ1) is 13.8. The highest BCUT2D eigenvalue weighted by molar-refractivity contribution is 5.90. The van der Waals surface area contributed by atoms with Crippen LogP contribution in [0.4, 0.5) is 10.6 Å². The van der Waals surface area contributed by atoms with Crippen molar-refractivity contribution in [2.24, 2.45) is 12.5 Å². The van der Waals surface area contributed by atoms with Gasteiger partial charge in [-0.25, -0.2) is 14.5 Å². The van der Waals surface area contributed by atoms with Crippen LogP contribution in [0.3, 0.4) is 0 Å². The number of likely N-dealkylation sites (tertiary alicyclic amines) is 1. The van der Waals surface area contributed by atoms with E-state index in [4.69, 9.17) is 5.10 Å². The van der Waals surface area contributed by atoms with Gasteiger partial charge in [0.2, 0.25) is 0 Å². The second-order valence-electron chi connectivity index (χ2n) is 8.66. The highest BCUT2D eigenvalue weighted by Gasteiger charge is 2.51. The molecule has 1 saturated heterocycles. The van der Waals surface area contributed by atoms with Crippen LogP contribution in [0.15, 0.2) is 48.8 Å². The molecule has 4 rings (SSSR count). The molecule has 0 spiro atoms. The highest BCUT2D eigenvalue weighted by atomic mass is 16.2. The van der Waals surface area contributed by atoms with Crippen LogP contribution < -0.4 is 5.32 Å². The number of amides is 2. The second kappa shape index (κ2) is 7.06. The lowest BCUT2D eigenvalue weighted by Crippen LogP contribution is -2.59. The number of urea groups is 1. The molecule has 1 fully saturated rings. The third-order valence-electron chi connectivity index (χ3n) is 5.52. The third-order valence-corrected chi connectivity index (χ3v) is 5.52. The average molecular weight is 393 g/mol. The Labute approximate surface area is 171 Å². The van der Waals surface area contributed by atoms with Gasteiger partial charge in [-0.3, -0.25) is 5.32 Å². The molecule has 152 valence electrons. The van der Waals surface area contributed by atoms with Crippen molar-refractivity contribution in [1.29, 1.82) is 0 Å². The lowest BCUT2D eigenvalue weighted by atomic mass is 9.74. The highest BCUT2D eigenvalue weighted by Crippen LogP contribution is 2.47. The van der Waals surface area contributed by atoms with Gasteiger partial charge in [0.1, 0.15) is 11.6 Å². The molecule has 3 aromatic rings. The third kappa shape index (κ3) is 3.41. The Bertz CT molecular complexity index is 1020. The van der Waals surface area contributed by atoms with E-state index in [-0.39, 0.29) is 23.5 Å². The van der Waals surface area contributed by atoms with Gasteiger partial charge in [-0.2, -0.15) is 5.10 Å². The van der Waals surface area contributed by atoms with E-state index in [9.17, 15) is 4.79 Å². The summed E-state index contributed by atoms with van der Waals surface area (Å²) in [7, 11) is 1.97. The molecule has 1 N–H and O–H groups in total. The van der Waals surface area contributed by atoms with Gasteiger partial charge in [-0.1, -0.05) is 44.2 Å². The van der Waals surface area contributed by atoms with Crippen molar-refractivity contribution in [3.8, 4) is 11.3 Å². The summed E-state index contributed by atoms with van der Waals surface area (Å²) in [5.74, 6) is 1.60. The lowest BCUT2D eigenvalue weighted by Gasteiger charge is -2.53. The van der Waals surface area contributed by atoms with Crippen molar-refractivity contribution in [1.82, 2.24) is 24.2 Å². The molecule has 1 unspecified atom stereocenters. The Morgan fingerprint density at radius 1 is 1.24 bits per heavy atom. The van der Waals surface area contributed by atoms with Crippen LogP contribution in [-0.2, 0) is 7.05 Å². The second-order valence-corrected chi connectivity index (χ2v) is 8.66. The van der Waals surface area contributed by atoms with Gasteiger partial charge in [-0.05, 0) is 13.8 Å². The van der Waals surface area contributed by atoms with Crippen LogP contribution in [0.2, 0.25) is 0 Å². The van der Waals surface area contributed by atoms with E-state index in [1.807, 2.05) is 63.8 Å². The molecule has 1 aliphatic heterocycles. The fraction of sp³-hybridized carbons (Fsp3) is 0.409. The molecular formula is C22H28N6O. The monoisotopic (exact) mass is 392 g/mol. The summed E-state index contributed by atoms with van der Waals surface area (Å²) in [6.45, 7) is 9.13. The Kier molecular flexibility index (Phi) is 4.68. The van der Waals surface area contributed by atoms with Crippen LogP contribution >= 0.6 is 0 Å². The first-order valence-corrected chi connectivity index (χ1v) is 9.98. The van der Waals surface area contributed by atoms with E-state index >= 15 is 0 Å². The number of anilines is 1. The minimum atomic E-state index is -0.126. The first kappa shape index (κ1) is 19.2. The summed E-state index contributed by atoms with van der Waals surface area (Å²) in [4.78, 5) is 19.5. The number of hydrogen-bond acceptors (Lipinski definition) is 3. The Balaban J connectivity index is 1.60. The molecule has 1 atom stereocenters. The average Bonchev–Trinajstić information content (AvgIpc) is 3.27. The fourth-order valence-corrected chi connectivity index (χ4v) is 4.06. The lowest BCUT2D eigenvalue weighted by molar-refractivity contribution is -0.0183. The molecular weight excluding hydrogens is 364 g/mol. The van der Waals surface area contributed by atoms with Gasteiger partial charge in [0, 0.05) is 49.1 Å². The van der Waals surface area contributed by atoms with E-state index < -0.39 is 0 Å². The van der Waals surface area contributed by atoms with Crippen LogP contribution in [-0.4, -0.2) is 36.8 Å². The quantitative estimate of drug-likeness (QED) is 0.712. The molecule has 1 aliphatic rings. The van der Waals surface area contributed by atoms with Crippen molar-refractivity contribution < 1.29 is 4.79 Å². The molecule has 2 aromatic heterocycles. The van der Waals surface area contributed by atoms with E-state index in [2.05, 4.69) is 38.0 Å². The summed E-state index contributed by atoms with van der Waals surface area (Å²) in [5, 5.41) is 7.80. The van der Waals surface area contributed by atoms with Gasteiger partial charge in [-0.15, -0.1) is 0 Å². The molecule has 1 aromatic carbocycles. The van der Waals surface area contributed by atoms with E-state index in [1.54, 1.807) is 6.20 Å². The van der Waals surface area contributed by atoms with Crippen LogP contribution in [0.25, 0.3) is 11.3 Å². The van der Waals surface area contributed by atoms with Gasteiger partial charge < -0.3 is 9.47 Å². The minimum absolute atomic E-state index is 0.0239. The summed E-state index contributed by atoms with van der Waals surface area (Å²) in [6, 6.07) is 11.9. The van der Waals surface area contributed by atoms with Gasteiger partial charge in [0.05, 0.1) is 11.7 Å². The number of benzene rings is 1. The summed E-state index contributed by atoms with van der Waals surface area (Å²) in [6.07, 6.45) is 3.69. The van der Waals surface area contributed by atoms with Crippen LogP contribution in [0, 0.1) is 5.41 Å². The molecule has 0 bridgehead atoms. The number of imidazole rings is 1. The van der Waals surface area contributed by atoms with Crippen molar-refractivity contribution in [2.75, 3.05) is 11.9 Å². The smallest absolute Gasteiger partial charge is 0.323 e. The van der Waals surface area contributed by atoms with Crippen molar-refractivity contribution in [2.45, 2.75) is 39.8 Å². The molecule has 7 nitrogen and oxygen atoms in total. The Morgan fingerprint density at radius 2 is 1.97 bits per heavy atom. The molecule has 3 heterocycles. The maximum absolute atomic E-state index is 13.2. The standard InChI is InChI=1S/C22H28N6O/c1-15(2)28-18(13-17(25-28)16-9-7-6-8-10-16)24-21(29)27-14-22(3,4)19(27)20-23-11-12-26(20)5/h6-13,15,19H,14H2,1-5H3,(H,24,29). The fourth-order valence-electron chi connectivity index (χ4n) is 4.06. The molecule has 0 aliphatic carbocycles. The van der Waals surface area contributed by atoms with Crippen molar-refractivity contribution >= 4 is 11.8 Å². The number of aryl methyl sites for hydroxylation is 1. The first-order valence-electron chi connectivity index (χ1n) is 9.98. The maximum atomic E-state index is 13.2. The zero-order chi connectivity index (χ0) is 20.8. The summed E-state index contributed by atoms with van der Waals surface area (Å²) < 4.78 is 3.85. The Hall–Kier alpha value is -3.09. The normalized spacial score (nSPS) is 18.0. The largest absolute Gasteiger partial charge is 0.336 e. The molecule has 7 heteroatoms. The number of aromatic nitrogens is 4. The molecule has 29 heavy (non-hydrogen) atoms. The summed E-state index contributed by atoms with van der Waals surface area (Å²) in [5.41, 5.74) is 1.85. The van der Waals surface area contributed by atoms with Crippen molar-refractivity contribution in [3.05, 3.63) is 54.6 Å². The van der Waals surface area contributed by atoms with Crippen LogP contribution in [0.1, 0.15) is 45.6 Å². The van der Waals surface area contributed by atoms with E-state index in [1.165, 1.54) is 0 Å². The molecule has 0 radical (unpaired) electrons. The number of nitrogens with one attached hydrogen (secondary N) is 1. The Morgan fingerprint density at radius 3 is 2.55 bits per heavy atom. The minimum Gasteiger partial charge on any atom is -0.336 e. The zero-order valence-electron chi connectivity index (χ0n) is 17.6. The number of nitrogens with zero attached hydrogens (tertiary/aromatic N) is 5.